The third-order valence-electron chi connectivity index (χ3n) is 3.90. The second-order valence-electron chi connectivity index (χ2n) is 5.44. The molecule has 1 aromatic carbocycles. The Morgan fingerprint density at radius 2 is 2.32 bits per heavy atom. The van der Waals surface area contributed by atoms with Crippen LogP contribution >= 0.6 is 11.6 Å². The van der Waals surface area contributed by atoms with E-state index in [-0.39, 0.29) is 18.0 Å². The Morgan fingerprint density at radius 1 is 1.45 bits per heavy atom. The van der Waals surface area contributed by atoms with Crippen LogP contribution in [0.1, 0.15) is 25.3 Å². The third-order valence-corrected chi connectivity index (χ3v) is 4.14. The summed E-state index contributed by atoms with van der Waals surface area (Å²) in [5.74, 6) is 0.546. The fraction of sp³-hybridized carbons (Fsp3) is 0.312. The van der Waals surface area contributed by atoms with Gasteiger partial charge in [0.15, 0.2) is 5.82 Å². The summed E-state index contributed by atoms with van der Waals surface area (Å²) in [6, 6.07) is 7.93. The first-order chi connectivity index (χ1) is 10.7. The average Bonchev–Trinajstić information content (AvgIpc) is 3.15. The predicted molar refractivity (Wildman–Crippen MR) is 85.5 cm³/mol. The maximum absolute atomic E-state index is 11.4. The van der Waals surface area contributed by atoms with Crippen molar-refractivity contribution in [3.63, 3.8) is 0 Å². The molecule has 22 heavy (non-hydrogen) atoms. The molecule has 1 aromatic heterocycles. The largest absolute Gasteiger partial charge is 0.350 e. The lowest BCUT2D eigenvalue weighted by Crippen LogP contribution is -2.31. The molecule has 5 nitrogen and oxygen atoms in total. The lowest BCUT2D eigenvalue weighted by Gasteiger charge is -2.12. The Morgan fingerprint density at radius 3 is 3.09 bits per heavy atom. The number of hydrogen-bond donors (Lipinski definition) is 1. The standard InChI is InChI=1S/C16H17ClN4O/c1-2-15(22)19-13-6-7-14(9-13)21-10-18-16(20-21)11-4-3-5-12(17)8-11/h2-5,8,10,13-14H,1,6-7,9H2,(H,19,22). The Balaban J connectivity index is 1.70. The van der Waals surface area contributed by atoms with E-state index in [1.54, 1.807) is 6.33 Å². The SMILES string of the molecule is C=CC(=O)NC1CCC(n2cnc(-c3cccc(Cl)c3)n2)C1. The first-order valence-corrected chi connectivity index (χ1v) is 7.63. The fourth-order valence-corrected chi connectivity index (χ4v) is 2.99. The molecule has 6 heteroatoms. The summed E-state index contributed by atoms with van der Waals surface area (Å²) in [5.41, 5.74) is 0.903. The fourth-order valence-electron chi connectivity index (χ4n) is 2.80. The van der Waals surface area contributed by atoms with Crippen LogP contribution in [0.25, 0.3) is 11.4 Å². The summed E-state index contributed by atoms with van der Waals surface area (Å²) in [4.78, 5) is 15.7. The van der Waals surface area contributed by atoms with Gasteiger partial charge in [-0.3, -0.25) is 4.79 Å². The summed E-state index contributed by atoms with van der Waals surface area (Å²) >= 11 is 6.00. The van der Waals surface area contributed by atoms with Gasteiger partial charge in [0.1, 0.15) is 6.33 Å². The zero-order valence-electron chi connectivity index (χ0n) is 12.1. The number of carbonyl (C=O) groups is 1. The van der Waals surface area contributed by atoms with Gasteiger partial charge in [-0.25, -0.2) is 9.67 Å². The highest BCUT2D eigenvalue weighted by Crippen LogP contribution is 2.30. The van der Waals surface area contributed by atoms with Crippen molar-refractivity contribution in [2.75, 3.05) is 0 Å². The highest BCUT2D eigenvalue weighted by atomic mass is 35.5. The first-order valence-electron chi connectivity index (χ1n) is 7.25. The molecule has 1 heterocycles. The molecule has 0 saturated heterocycles. The Bertz CT molecular complexity index is 697. The van der Waals surface area contributed by atoms with Gasteiger partial charge in [0.2, 0.25) is 5.91 Å². The number of rotatable bonds is 4. The quantitative estimate of drug-likeness (QED) is 0.882. The molecule has 2 atom stereocenters. The van der Waals surface area contributed by atoms with E-state index >= 15 is 0 Å². The van der Waals surface area contributed by atoms with Gasteiger partial charge < -0.3 is 5.32 Å². The molecule has 0 bridgehead atoms. The van der Waals surface area contributed by atoms with Gasteiger partial charge >= 0.3 is 0 Å². The summed E-state index contributed by atoms with van der Waals surface area (Å²) in [5, 5.41) is 8.16. The number of nitrogens with one attached hydrogen (secondary N) is 1. The molecule has 0 aliphatic heterocycles. The average molecular weight is 317 g/mol. The van der Waals surface area contributed by atoms with Crippen LogP contribution in [0.15, 0.2) is 43.2 Å². The Labute approximate surface area is 134 Å². The lowest BCUT2D eigenvalue weighted by atomic mass is 10.2. The van der Waals surface area contributed by atoms with E-state index in [2.05, 4.69) is 22.0 Å². The molecule has 1 aliphatic rings. The van der Waals surface area contributed by atoms with Gasteiger partial charge in [0.05, 0.1) is 6.04 Å². The van der Waals surface area contributed by atoms with E-state index in [4.69, 9.17) is 11.6 Å². The van der Waals surface area contributed by atoms with Gasteiger partial charge in [-0.15, -0.1) is 0 Å². The summed E-state index contributed by atoms with van der Waals surface area (Å²) in [7, 11) is 0. The highest BCUT2D eigenvalue weighted by molar-refractivity contribution is 6.30. The van der Waals surface area contributed by atoms with Crippen LogP contribution in [0.2, 0.25) is 5.02 Å². The van der Waals surface area contributed by atoms with E-state index in [0.29, 0.717) is 10.8 Å². The van der Waals surface area contributed by atoms with Crippen molar-refractivity contribution in [2.45, 2.75) is 31.3 Å². The molecule has 1 aliphatic carbocycles. The number of hydrogen-bond acceptors (Lipinski definition) is 3. The van der Waals surface area contributed by atoms with E-state index in [1.165, 1.54) is 6.08 Å². The van der Waals surface area contributed by atoms with Crippen molar-refractivity contribution in [3.05, 3.63) is 48.3 Å². The third kappa shape index (κ3) is 3.20. The van der Waals surface area contributed by atoms with E-state index < -0.39 is 0 Å². The number of benzene rings is 1. The van der Waals surface area contributed by atoms with Gasteiger partial charge in [0.25, 0.3) is 0 Å². The van der Waals surface area contributed by atoms with Crippen molar-refractivity contribution in [3.8, 4) is 11.4 Å². The molecular formula is C16H17ClN4O. The number of carbonyl (C=O) groups excluding carboxylic acids is 1. The predicted octanol–water partition coefficient (Wildman–Crippen LogP) is 2.99. The molecule has 1 N–H and O–H groups in total. The number of halogens is 1. The van der Waals surface area contributed by atoms with Gasteiger partial charge in [0, 0.05) is 16.6 Å². The molecule has 114 valence electrons. The van der Waals surface area contributed by atoms with Crippen LogP contribution in [-0.2, 0) is 4.79 Å². The van der Waals surface area contributed by atoms with E-state index in [1.807, 2.05) is 28.9 Å². The van der Waals surface area contributed by atoms with Crippen LogP contribution < -0.4 is 5.32 Å². The molecule has 0 spiro atoms. The zero-order valence-corrected chi connectivity index (χ0v) is 12.8. The molecule has 2 unspecified atom stereocenters. The molecule has 1 fully saturated rings. The smallest absolute Gasteiger partial charge is 0.243 e. The second-order valence-corrected chi connectivity index (χ2v) is 5.87. The molecule has 1 saturated carbocycles. The minimum atomic E-state index is -0.121. The molecule has 3 rings (SSSR count). The van der Waals surface area contributed by atoms with Crippen molar-refractivity contribution in [2.24, 2.45) is 0 Å². The normalized spacial score (nSPS) is 20.8. The summed E-state index contributed by atoms with van der Waals surface area (Å²) in [6.07, 6.45) is 5.83. The Kier molecular flexibility index (Phi) is 4.24. The maximum Gasteiger partial charge on any atom is 0.243 e. The van der Waals surface area contributed by atoms with Crippen LogP contribution in [0.5, 0.6) is 0 Å². The molecule has 0 radical (unpaired) electrons. The number of aromatic nitrogens is 3. The van der Waals surface area contributed by atoms with Crippen LogP contribution in [-0.4, -0.2) is 26.7 Å². The summed E-state index contributed by atoms with van der Waals surface area (Å²) in [6.45, 7) is 3.47. The highest BCUT2D eigenvalue weighted by Gasteiger charge is 2.27. The van der Waals surface area contributed by atoms with Crippen molar-refractivity contribution in [1.29, 1.82) is 0 Å². The van der Waals surface area contributed by atoms with Gasteiger partial charge in [-0.2, -0.15) is 5.10 Å². The monoisotopic (exact) mass is 316 g/mol. The minimum Gasteiger partial charge on any atom is -0.350 e. The summed E-state index contributed by atoms with van der Waals surface area (Å²) < 4.78 is 1.89. The maximum atomic E-state index is 11.4. The van der Waals surface area contributed by atoms with Gasteiger partial charge in [-0.1, -0.05) is 30.3 Å². The Hall–Kier alpha value is -2.14. The lowest BCUT2D eigenvalue weighted by molar-refractivity contribution is -0.117. The molecular weight excluding hydrogens is 300 g/mol. The van der Waals surface area contributed by atoms with Crippen LogP contribution in [0.3, 0.4) is 0 Å². The number of amides is 1. The van der Waals surface area contributed by atoms with E-state index in [9.17, 15) is 4.79 Å². The molecule has 2 aromatic rings. The van der Waals surface area contributed by atoms with Crippen molar-refractivity contribution >= 4 is 17.5 Å². The first kappa shape index (κ1) is 14.8. The van der Waals surface area contributed by atoms with Gasteiger partial charge in [-0.05, 0) is 37.5 Å². The zero-order chi connectivity index (χ0) is 15.5. The molecule has 1 amide bonds. The van der Waals surface area contributed by atoms with Crippen LogP contribution in [0, 0.1) is 0 Å². The van der Waals surface area contributed by atoms with Crippen molar-refractivity contribution in [1.82, 2.24) is 20.1 Å². The minimum absolute atomic E-state index is 0.121. The topological polar surface area (TPSA) is 59.8 Å². The second kappa shape index (κ2) is 6.32. The van der Waals surface area contributed by atoms with Crippen molar-refractivity contribution < 1.29 is 4.79 Å². The van der Waals surface area contributed by atoms with Crippen LogP contribution in [0.4, 0.5) is 0 Å². The van der Waals surface area contributed by atoms with E-state index in [0.717, 1.165) is 24.8 Å². The number of nitrogens with zero attached hydrogens (tertiary/aromatic N) is 3.